The topological polar surface area (TPSA) is 39.7 Å². The summed E-state index contributed by atoms with van der Waals surface area (Å²) in [5.74, 6) is 1.55. The van der Waals surface area contributed by atoms with Crippen molar-refractivity contribution in [1.82, 2.24) is 5.32 Å². The molecular formula is C15H23NO3. The van der Waals surface area contributed by atoms with E-state index in [0.717, 1.165) is 30.9 Å². The highest BCUT2D eigenvalue weighted by Crippen LogP contribution is 2.33. The van der Waals surface area contributed by atoms with Gasteiger partial charge in [0, 0.05) is 19.6 Å². The van der Waals surface area contributed by atoms with E-state index in [4.69, 9.17) is 14.2 Å². The molecule has 1 aliphatic rings. The molecule has 1 aromatic carbocycles. The number of methoxy groups -OCH3 is 2. The Hall–Kier alpha value is -1.26. The average molecular weight is 265 g/mol. The zero-order chi connectivity index (χ0) is 13.7. The molecule has 106 valence electrons. The van der Waals surface area contributed by atoms with E-state index in [-0.39, 0.29) is 12.2 Å². The third kappa shape index (κ3) is 3.19. The first kappa shape index (κ1) is 14.2. The van der Waals surface area contributed by atoms with Crippen LogP contribution in [0.15, 0.2) is 24.3 Å². The zero-order valence-corrected chi connectivity index (χ0v) is 11.9. The molecule has 0 aliphatic heterocycles. The van der Waals surface area contributed by atoms with Crippen molar-refractivity contribution in [3.05, 3.63) is 24.3 Å². The van der Waals surface area contributed by atoms with Crippen LogP contribution in [-0.2, 0) is 4.74 Å². The Labute approximate surface area is 115 Å². The molecule has 3 unspecified atom stereocenters. The monoisotopic (exact) mass is 265 g/mol. The van der Waals surface area contributed by atoms with Crippen LogP contribution in [0.1, 0.15) is 19.8 Å². The Morgan fingerprint density at radius 1 is 1.21 bits per heavy atom. The number of nitrogens with one attached hydrogen (secondary N) is 1. The summed E-state index contributed by atoms with van der Waals surface area (Å²) in [5.41, 5.74) is 0. The SMILES string of the molecule is CCCNC1CC(Oc2ccccc2OC)C1OC. The van der Waals surface area contributed by atoms with Crippen molar-refractivity contribution < 1.29 is 14.2 Å². The van der Waals surface area contributed by atoms with Crippen LogP contribution < -0.4 is 14.8 Å². The van der Waals surface area contributed by atoms with Gasteiger partial charge in [-0.15, -0.1) is 0 Å². The Morgan fingerprint density at radius 2 is 1.95 bits per heavy atom. The highest BCUT2D eigenvalue weighted by atomic mass is 16.6. The van der Waals surface area contributed by atoms with Crippen molar-refractivity contribution in [2.75, 3.05) is 20.8 Å². The maximum absolute atomic E-state index is 6.00. The quantitative estimate of drug-likeness (QED) is 0.820. The number of rotatable bonds is 7. The van der Waals surface area contributed by atoms with Crippen molar-refractivity contribution in [2.24, 2.45) is 0 Å². The highest BCUT2D eigenvalue weighted by Gasteiger charge is 2.43. The molecule has 1 fully saturated rings. The van der Waals surface area contributed by atoms with Gasteiger partial charge in [0.15, 0.2) is 11.5 Å². The van der Waals surface area contributed by atoms with Gasteiger partial charge in [-0.3, -0.25) is 0 Å². The minimum Gasteiger partial charge on any atom is -0.493 e. The average Bonchev–Trinajstić information content (AvgIpc) is 2.42. The fourth-order valence-electron chi connectivity index (χ4n) is 2.42. The van der Waals surface area contributed by atoms with E-state index in [2.05, 4.69) is 12.2 Å². The molecular weight excluding hydrogens is 242 g/mol. The van der Waals surface area contributed by atoms with Crippen molar-refractivity contribution in [2.45, 2.75) is 38.0 Å². The third-order valence-electron chi connectivity index (χ3n) is 3.53. The molecule has 19 heavy (non-hydrogen) atoms. The van der Waals surface area contributed by atoms with Crippen molar-refractivity contribution >= 4 is 0 Å². The second kappa shape index (κ2) is 6.78. The molecule has 0 bridgehead atoms. The summed E-state index contributed by atoms with van der Waals surface area (Å²) < 4.78 is 16.8. The molecule has 0 saturated heterocycles. The Morgan fingerprint density at radius 3 is 2.58 bits per heavy atom. The summed E-state index contributed by atoms with van der Waals surface area (Å²) >= 11 is 0. The van der Waals surface area contributed by atoms with E-state index in [1.165, 1.54) is 0 Å². The molecule has 4 nitrogen and oxygen atoms in total. The minimum absolute atomic E-state index is 0.0932. The molecule has 0 spiro atoms. The summed E-state index contributed by atoms with van der Waals surface area (Å²) in [6.07, 6.45) is 2.30. The molecule has 3 atom stereocenters. The number of hydrogen-bond acceptors (Lipinski definition) is 4. The van der Waals surface area contributed by atoms with Crippen molar-refractivity contribution in [3.63, 3.8) is 0 Å². The maximum Gasteiger partial charge on any atom is 0.161 e. The Balaban J connectivity index is 1.93. The highest BCUT2D eigenvalue weighted by molar-refractivity contribution is 5.39. The lowest BCUT2D eigenvalue weighted by molar-refractivity contribution is -0.0892. The summed E-state index contributed by atoms with van der Waals surface area (Å²) in [4.78, 5) is 0. The van der Waals surface area contributed by atoms with Gasteiger partial charge in [-0.05, 0) is 25.1 Å². The lowest BCUT2D eigenvalue weighted by atomic mass is 9.85. The van der Waals surface area contributed by atoms with Gasteiger partial charge in [-0.25, -0.2) is 0 Å². The van der Waals surface area contributed by atoms with E-state index >= 15 is 0 Å². The predicted octanol–water partition coefficient (Wildman–Crippen LogP) is 2.23. The van der Waals surface area contributed by atoms with Gasteiger partial charge < -0.3 is 19.5 Å². The largest absolute Gasteiger partial charge is 0.493 e. The number of ether oxygens (including phenoxy) is 3. The Bertz CT molecular complexity index is 397. The van der Waals surface area contributed by atoms with Crippen LogP contribution >= 0.6 is 0 Å². The fourth-order valence-corrected chi connectivity index (χ4v) is 2.42. The molecule has 1 saturated carbocycles. The van der Waals surface area contributed by atoms with Gasteiger partial charge >= 0.3 is 0 Å². The van der Waals surface area contributed by atoms with Crippen LogP contribution in [0.5, 0.6) is 11.5 Å². The fraction of sp³-hybridized carbons (Fsp3) is 0.600. The lowest BCUT2D eigenvalue weighted by Gasteiger charge is -2.43. The molecule has 1 aromatic rings. The van der Waals surface area contributed by atoms with Gasteiger partial charge in [0.05, 0.1) is 7.11 Å². The minimum atomic E-state index is 0.0932. The van der Waals surface area contributed by atoms with Crippen LogP contribution in [0.4, 0.5) is 0 Å². The first-order valence-electron chi connectivity index (χ1n) is 6.86. The number of para-hydroxylation sites is 2. The first-order valence-corrected chi connectivity index (χ1v) is 6.86. The number of hydrogen-bond donors (Lipinski definition) is 1. The second-order valence-corrected chi connectivity index (χ2v) is 4.80. The van der Waals surface area contributed by atoms with Crippen LogP contribution in [-0.4, -0.2) is 39.0 Å². The molecule has 4 heteroatoms. The number of benzene rings is 1. The van der Waals surface area contributed by atoms with Gasteiger partial charge in [-0.2, -0.15) is 0 Å². The predicted molar refractivity (Wildman–Crippen MR) is 74.9 cm³/mol. The summed E-state index contributed by atoms with van der Waals surface area (Å²) in [5, 5.41) is 3.48. The van der Waals surface area contributed by atoms with E-state index in [1.807, 2.05) is 24.3 Å². The maximum atomic E-state index is 6.00. The van der Waals surface area contributed by atoms with Crippen LogP contribution in [0, 0.1) is 0 Å². The van der Waals surface area contributed by atoms with Gasteiger partial charge in [0.25, 0.3) is 0 Å². The van der Waals surface area contributed by atoms with Crippen LogP contribution in [0.3, 0.4) is 0 Å². The van der Waals surface area contributed by atoms with Crippen molar-refractivity contribution in [1.29, 1.82) is 0 Å². The standard InChI is InChI=1S/C15H23NO3/c1-4-9-16-11-10-14(15(11)18-3)19-13-8-6-5-7-12(13)17-2/h5-8,11,14-16H,4,9-10H2,1-3H3. The lowest BCUT2D eigenvalue weighted by Crippen LogP contribution is -2.61. The molecule has 0 radical (unpaired) electrons. The van der Waals surface area contributed by atoms with E-state index in [9.17, 15) is 0 Å². The summed E-state index contributed by atoms with van der Waals surface area (Å²) in [6.45, 7) is 3.18. The summed E-state index contributed by atoms with van der Waals surface area (Å²) in [6, 6.07) is 8.11. The normalized spacial score (nSPS) is 25.7. The van der Waals surface area contributed by atoms with E-state index < -0.39 is 0 Å². The first-order chi connectivity index (χ1) is 9.30. The third-order valence-corrected chi connectivity index (χ3v) is 3.53. The van der Waals surface area contributed by atoms with E-state index in [0.29, 0.717) is 6.04 Å². The molecule has 1 N–H and O–H groups in total. The molecule has 0 amide bonds. The van der Waals surface area contributed by atoms with Crippen LogP contribution in [0.25, 0.3) is 0 Å². The van der Waals surface area contributed by atoms with Crippen LogP contribution in [0.2, 0.25) is 0 Å². The second-order valence-electron chi connectivity index (χ2n) is 4.80. The van der Waals surface area contributed by atoms with E-state index in [1.54, 1.807) is 14.2 Å². The molecule has 0 aromatic heterocycles. The van der Waals surface area contributed by atoms with Gasteiger partial charge in [-0.1, -0.05) is 19.1 Å². The van der Waals surface area contributed by atoms with Gasteiger partial charge in [0.1, 0.15) is 12.2 Å². The van der Waals surface area contributed by atoms with Crippen molar-refractivity contribution in [3.8, 4) is 11.5 Å². The smallest absolute Gasteiger partial charge is 0.161 e. The molecule has 0 heterocycles. The molecule has 2 rings (SSSR count). The molecule has 1 aliphatic carbocycles. The van der Waals surface area contributed by atoms with Gasteiger partial charge in [0.2, 0.25) is 0 Å². The Kier molecular flexibility index (Phi) is 5.05. The summed E-state index contributed by atoms with van der Waals surface area (Å²) in [7, 11) is 3.39. The zero-order valence-electron chi connectivity index (χ0n) is 11.9.